The van der Waals surface area contributed by atoms with Gasteiger partial charge in [-0.1, -0.05) is 79.7 Å². The van der Waals surface area contributed by atoms with Crippen LogP contribution in [0.3, 0.4) is 0 Å². The summed E-state index contributed by atoms with van der Waals surface area (Å²) in [5.41, 5.74) is 3.60. The zero-order valence-electron chi connectivity index (χ0n) is 20.0. The smallest absolute Gasteiger partial charge is 0.338 e. The van der Waals surface area contributed by atoms with E-state index in [1.54, 1.807) is 12.1 Å². The molecule has 0 bridgehead atoms. The van der Waals surface area contributed by atoms with E-state index in [9.17, 15) is 9.59 Å². The number of hydrogen-bond donors (Lipinski definition) is 1. The predicted octanol–water partition coefficient (Wildman–Crippen LogP) is 5.82. The summed E-state index contributed by atoms with van der Waals surface area (Å²) < 4.78 is 5.72. The summed E-state index contributed by atoms with van der Waals surface area (Å²) in [5, 5.41) is 6.24. The van der Waals surface area contributed by atoms with Gasteiger partial charge in [0.25, 0.3) is 0 Å². The maximum Gasteiger partial charge on any atom is 0.338 e. The van der Waals surface area contributed by atoms with Gasteiger partial charge in [0.15, 0.2) is 5.17 Å². The van der Waals surface area contributed by atoms with Crippen molar-refractivity contribution in [2.45, 2.75) is 39.8 Å². The highest BCUT2D eigenvalue weighted by Crippen LogP contribution is 2.45. The normalized spacial score (nSPS) is 17.2. The number of allylic oxidation sites excluding steroid dienone is 1. The average molecular weight is 510 g/mol. The van der Waals surface area contributed by atoms with Gasteiger partial charge < -0.3 is 15.0 Å². The third-order valence-corrected chi connectivity index (χ3v) is 6.81. The molecule has 4 rings (SSSR count). The highest BCUT2D eigenvalue weighted by atomic mass is 35.5. The Hall–Kier alpha value is -3.03. The topological polar surface area (TPSA) is 71.0 Å². The number of benzene rings is 2. The SMILES string of the molecule is CC1=C(C(=O)OCc2ccccc2)C(c2ccc(Cl)cc2)N2C(CC(=O)NCC(C)C)=CSC2=N1. The number of hydrogen-bond acceptors (Lipinski definition) is 6. The van der Waals surface area contributed by atoms with Gasteiger partial charge in [0.1, 0.15) is 6.61 Å². The van der Waals surface area contributed by atoms with Crippen LogP contribution in [0.1, 0.15) is 44.4 Å². The van der Waals surface area contributed by atoms with Crippen LogP contribution in [0, 0.1) is 5.92 Å². The van der Waals surface area contributed by atoms with Crippen LogP contribution < -0.4 is 5.32 Å². The summed E-state index contributed by atoms with van der Waals surface area (Å²) in [6, 6.07) is 16.5. The molecule has 0 aromatic heterocycles. The van der Waals surface area contributed by atoms with Gasteiger partial charge in [-0.15, -0.1) is 0 Å². The molecule has 6 nitrogen and oxygen atoms in total. The highest BCUT2D eigenvalue weighted by Gasteiger charge is 2.41. The molecule has 35 heavy (non-hydrogen) atoms. The molecule has 182 valence electrons. The molecule has 2 aliphatic heterocycles. The molecule has 2 aromatic rings. The molecule has 2 aromatic carbocycles. The Morgan fingerprint density at radius 2 is 1.86 bits per heavy atom. The maximum atomic E-state index is 13.4. The molecule has 0 saturated carbocycles. The number of carbonyl (C=O) groups excluding carboxylic acids is 2. The summed E-state index contributed by atoms with van der Waals surface area (Å²) in [7, 11) is 0. The highest BCUT2D eigenvalue weighted by molar-refractivity contribution is 8.16. The average Bonchev–Trinajstić information content (AvgIpc) is 3.23. The number of aliphatic imine (C=N–C) groups is 1. The first kappa shape index (κ1) is 25.1. The summed E-state index contributed by atoms with van der Waals surface area (Å²) in [6.45, 7) is 6.70. The molecule has 1 amide bonds. The lowest BCUT2D eigenvalue weighted by atomic mass is 9.94. The van der Waals surface area contributed by atoms with Crippen LogP contribution in [0.2, 0.25) is 5.02 Å². The quantitative estimate of drug-likeness (QED) is 0.454. The molecule has 0 fully saturated rings. The number of nitrogens with zero attached hydrogens (tertiary/aromatic N) is 2. The van der Waals surface area contributed by atoms with Crippen LogP contribution in [0.4, 0.5) is 0 Å². The standard InChI is InChI=1S/C27H28ClN3O3S/c1-17(2)14-29-23(32)13-22-16-35-27-30-18(3)24(26(33)34-15-19-7-5-4-6-8-19)25(31(22)27)20-9-11-21(28)12-10-20/h4-12,16-17,25H,13-15H2,1-3H3,(H,29,32). The van der Waals surface area contributed by atoms with Gasteiger partial charge in [0.2, 0.25) is 5.91 Å². The van der Waals surface area contributed by atoms with Crippen LogP contribution in [-0.4, -0.2) is 28.5 Å². The number of ether oxygens (including phenoxy) is 1. The zero-order valence-corrected chi connectivity index (χ0v) is 21.5. The van der Waals surface area contributed by atoms with Crippen molar-refractivity contribution in [3.8, 4) is 0 Å². The van der Waals surface area contributed by atoms with E-state index < -0.39 is 12.0 Å². The number of nitrogens with one attached hydrogen (secondary N) is 1. The number of rotatable bonds is 8. The minimum atomic E-state index is -0.484. The molecule has 0 saturated heterocycles. The zero-order chi connectivity index (χ0) is 24.9. The van der Waals surface area contributed by atoms with E-state index in [4.69, 9.17) is 21.3 Å². The Morgan fingerprint density at radius 1 is 1.14 bits per heavy atom. The monoisotopic (exact) mass is 509 g/mol. The number of thioether (sulfide) groups is 1. The molecule has 1 N–H and O–H groups in total. The minimum absolute atomic E-state index is 0.0684. The molecule has 1 unspecified atom stereocenters. The van der Waals surface area contributed by atoms with E-state index in [0.29, 0.717) is 28.8 Å². The molecule has 8 heteroatoms. The van der Waals surface area contributed by atoms with Gasteiger partial charge in [-0.05, 0) is 41.5 Å². The van der Waals surface area contributed by atoms with Crippen molar-refractivity contribution in [3.63, 3.8) is 0 Å². The Bertz CT molecular complexity index is 1190. The lowest BCUT2D eigenvalue weighted by Crippen LogP contribution is -2.38. The van der Waals surface area contributed by atoms with Crippen molar-refractivity contribution in [1.82, 2.24) is 10.2 Å². The van der Waals surface area contributed by atoms with E-state index >= 15 is 0 Å². The van der Waals surface area contributed by atoms with Crippen molar-refractivity contribution in [2.24, 2.45) is 10.9 Å². The summed E-state index contributed by atoms with van der Waals surface area (Å²) in [4.78, 5) is 32.7. The lowest BCUT2D eigenvalue weighted by Gasteiger charge is -2.36. The predicted molar refractivity (Wildman–Crippen MR) is 141 cm³/mol. The fraction of sp³-hybridized carbons (Fsp3) is 0.296. The summed E-state index contributed by atoms with van der Waals surface area (Å²) >= 11 is 7.61. The van der Waals surface area contributed by atoms with Crippen LogP contribution >= 0.6 is 23.4 Å². The first-order valence-corrected chi connectivity index (χ1v) is 12.8. The molecule has 1 atom stereocenters. The van der Waals surface area contributed by atoms with Crippen LogP contribution in [-0.2, 0) is 20.9 Å². The summed E-state index contributed by atoms with van der Waals surface area (Å²) in [5.74, 6) is -0.146. The number of fused-ring (bicyclic) bond motifs is 1. The van der Waals surface area contributed by atoms with Crippen LogP contribution in [0.15, 0.2) is 82.0 Å². The van der Waals surface area contributed by atoms with Gasteiger partial charge in [0, 0.05) is 17.3 Å². The van der Waals surface area contributed by atoms with Crippen molar-refractivity contribution in [1.29, 1.82) is 0 Å². The Labute approximate surface area is 215 Å². The minimum Gasteiger partial charge on any atom is -0.457 e. The first-order chi connectivity index (χ1) is 16.8. The maximum absolute atomic E-state index is 13.4. The fourth-order valence-electron chi connectivity index (χ4n) is 3.94. The second-order valence-corrected chi connectivity index (χ2v) is 10.2. The van der Waals surface area contributed by atoms with Gasteiger partial charge in [0.05, 0.1) is 23.7 Å². The summed E-state index contributed by atoms with van der Waals surface area (Å²) in [6.07, 6.45) is 0.189. The third-order valence-electron chi connectivity index (χ3n) is 5.67. The Kier molecular flexibility index (Phi) is 7.98. The molecule has 0 aliphatic carbocycles. The van der Waals surface area contributed by atoms with Gasteiger partial charge >= 0.3 is 5.97 Å². The molecular formula is C27H28ClN3O3S. The molecule has 0 spiro atoms. The molecule has 2 aliphatic rings. The number of carbonyl (C=O) groups is 2. The number of amides is 1. The number of halogens is 1. The third kappa shape index (κ3) is 5.97. The van der Waals surface area contributed by atoms with Crippen LogP contribution in [0.5, 0.6) is 0 Å². The molecular weight excluding hydrogens is 482 g/mol. The van der Waals surface area contributed by atoms with E-state index in [2.05, 4.69) is 19.2 Å². The van der Waals surface area contributed by atoms with E-state index in [-0.39, 0.29) is 18.9 Å². The van der Waals surface area contributed by atoms with E-state index in [1.165, 1.54) is 11.8 Å². The van der Waals surface area contributed by atoms with E-state index in [0.717, 1.165) is 22.0 Å². The Balaban J connectivity index is 1.64. The molecule has 2 heterocycles. The second-order valence-electron chi connectivity index (χ2n) is 8.88. The number of esters is 1. The molecule has 0 radical (unpaired) electrons. The number of amidine groups is 1. The second kappa shape index (κ2) is 11.1. The van der Waals surface area contributed by atoms with Gasteiger partial charge in [-0.25, -0.2) is 9.79 Å². The van der Waals surface area contributed by atoms with Crippen molar-refractivity contribution in [2.75, 3.05) is 6.54 Å². The van der Waals surface area contributed by atoms with E-state index in [1.807, 2.05) is 59.7 Å². The van der Waals surface area contributed by atoms with Crippen LogP contribution in [0.25, 0.3) is 0 Å². The van der Waals surface area contributed by atoms with Gasteiger partial charge in [-0.2, -0.15) is 0 Å². The Morgan fingerprint density at radius 3 is 2.54 bits per heavy atom. The van der Waals surface area contributed by atoms with Crippen molar-refractivity contribution in [3.05, 3.63) is 93.1 Å². The van der Waals surface area contributed by atoms with Gasteiger partial charge in [-0.3, -0.25) is 4.79 Å². The largest absolute Gasteiger partial charge is 0.457 e. The first-order valence-electron chi connectivity index (χ1n) is 11.5. The fourth-order valence-corrected chi connectivity index (χ4v) is 5.03. The van der Waals surface area contributed by atoms with Crippen molar-refractivity contribution >= 4 is 40.4 Å². The lowest BCUT2D eigenvalue weighted by molar-refractivity contribution is -0.141. The van der Waals surface area contributed by atoms with Crippen molar-refractivity contribution < 1.29 is 14.3 Å².